The van der Waals surface area contributed by atoms with Crippen LogP contribution in [0.25, 0.3) is 0 Å². The van der Waals surface area contributed by atoms with Gasteiger partial charge < -0.3 is 15.1 Å². The van der Waals surface area contributed by atoms with Crippen LogP contribution >= 0.6 is 0 Å². The summed E-state index contributed by atoms with van der Waals surface area (Å²) < 4.78 is 0. The van der Waals surface area contributed by atoms with Gasteiger partial charge in [0, 0.05) is 24.5 Å². The highest BCUT2D eigenvalue weighted by Crippen LogP contribution is 2.16. The highest BCUT2D eigenvalue weighted by Gasteiger charge is 2.25. The summed E-state index contributed by atoms with van der Waals surface area (Å²) in [6.07, 6.45) is 2.46. The second-order valence-electron chi connectivity index (χ2n) is 7.01. The molecule has 1 amide bonds. The van der Waals surface area contributed by atoms with Crippen molar-refractivity contribution in [1.29, 1.82) is 0 Å². The lowest BCUT2D eigenvalue weighted by molar-refractivity contribution is -0.125. The molecule has 0 aromatic heterocycles. The highest BCUT2D eigenvalue weighted by atomic mass is 16.1. The SMILES string of the molecule is CC(C)C(=O)NC(CN1CCC(N(C)C)CC1)C(C)C. The van der Waals surface area contributed by atoms with Crippen molar-refractivity contribution in [2.24, 2.45) is 11.8 Å². The van der Waals surface area contributed by atoms with Gasteiger partial charge in [0.1, 0.15) is 0 Å². The first-order valence-electron chi connectivity index (χ1n) is 8.00. The van der Waals surface area contributed by atoms with Crippen molar-refractivity contribution in [2.75, 3.05) is 33.7 Å². The maximum Gasteiger partial charge on any atom is 0.222 e. The molecule has 1 fully saturated rings. The summed E-state index contributed by atoms with van der Waals surface area (Å²) >= 11 is 0. The topological polar surface area (TPSA) is 35.6 Å². The third kappa shape index (κ3) is 5.41. The molecule has 1 saturated heterocycles. The molecule has 0 saturated carbocycles. The molecule has 0 aromatic rings. The smallest absolute Gasteiger partial charge is 0.222 e. The molecule has 1 heterocycles. The Morgan fingerprint density at radius 2 is 1.75 bits per heavy atom. The summed E-state index contributed by atoms with van der Waals surface area (Å²) in [5.41, 5.74) is 0. The summed E-state index contributed by atoms with van der Waals surface area (Å²) in [7, 11) is 4.33. The minimum Gasteiger partial charge on any atom is -0.352 e. The molecule has 1 aliphatic heterocycles. The molecule has 0 aliphatic carbocycles. The summed E-state index contributed by atoms with van der Waals surface area (Å²) in [5, 5.41) is 3.21. The summed E-state index contributed by atoms with van der Waals surface area (Å²) in [4.78, 5) is 16.7. The van der Waals surface area contributed by atoms with Gasteiger partial charge in [0.25, 0.3) is 0 Å². The van der Waals surface area contributed by atoms with Crippen molar-refractivity contribution in [1.82, 2.24) is 15.1 Å². The van der Waals surface area contributed by atoms with Crippen molar-refractivity contribution in [3.05, 3.63) is 0 Å². The molecule has 0 aromatic carbocycles. The third-order valence-electron chi connectivity index (χ3n) is 4.40. The van der Waals surface area contributed by atoms with E-state index in [4.69, 9.17) is 0 Å². The van der Waals surface area contributed by atoms with Gasteiger partial charge in [-0.1, -0.05) is 27.7 Å². The van der Waals surface area contributed by atoms with Gasteiger partial charge in [-0.2, -0.15) is 0 Å². The van der Waals surface area contributed by atoms with E-state index in [9.17, 15) is 4.79 Å². The number of rotatable bonds is 6. The van der Waals surface area contributed by atoms with Gasteiger partial charge in [-0.25, -0.2) is 0 Å². The van der Waals surface area contributed by atoms with Gasteiger partial charge in [0.15, 0.2) is 0 Å². The lowest BCUT2D eigenvalue weighted by atomic mass is 9.99. The van der Waals surface area contributed by atoms with Gasteiger partial charge in [-0.05, 0) is 45.9 Å². The number of amides is 1. The number of likely N-dealkylation sites (tertiary alicyclic amines) is 1. The van der Waals surface area contributed by atoms with Crippen LogP contribution in [0.1, 0.15) is 40.5 Å². The van der Waals surface area contributed by atoms with E-state index >= 15 is 0 Å². The van der Waals surface area contributed by atoms with Crippen LogP contribution < -0.4 is 5.32 Å². The largest absolute Gasteiger partial charge is 0.352 e. The molecule has 0 bridgehead atoms. The Labute approximate surface area is 124 Å². The van der Waals surface area contributed by atoms with Crippen LogP contribution in [-0.2, 0) is 4.79 Å². The van der Waals surface area contributed by atoms with E-state index in [2.05, 4.69) is 43.1 Å². The fourth-order valence-corrected chi connectivity index (χ4v) is 2.67. The molecule has 20 heavy (non-hydrogen) atoms. The molecule has 1 atom stereocenters. The Balaban J connectivity index is 2.45. The van der Waals surface area contributed by atoms with E-state index in [-0.39, 0.29) is 17.9 Å². The predicted octanol–water partition coefficient (Wildman–Crippen LogP) is 1.81. The van der Waals surface area contributed by atoms with Crippen molar-refractivity contribution in [3.8, 4) is 0 Å². The fourth-order valence-electron chi connectivity index (χ4n) is 2.67. The fraction of sp³-hybridized carbons (Fsp3) is 0.938. The van der Waals surface area contributed by atoms with Gasteiger partial charge in [-0.3, -0.25) is 4.79 Å². The molecule has 4 nitrogen and oxygen atoms in total. The first-order valence-corrected chi connectivity index (χ1v) is 8.00. The molecule has 0 radical (unpaired) electrons. The number of hydrogen-bond acceptors (Lipinski definition) is 3. The second-order valence-corrected chi connectivity index (χ2v) is 7.01. The summed E-state index contributed by atoms with van der Waals surface area (Å²) in [6.45, 7) is 11.6. The molecular formula is C16H33N3O. The molecule has 1 rings (SSSR count). The zero-order valence-corrected chi connectivity index (χ0v) is 14.1. The number of nitrogens with zero attached hydrogens (tertiary/aromatic N) is 2. The standard InChI is InChI=1S/C16H33N3O/c1-12(2)15(17-16(20)13(3)4)11-19-9-7-14(8-10-19)18(5)6/h12-15H,7-11H2,1-6H3,(H,17,20). The van der Waals surface area contributed by atoms with E-state index in [1.54, 1.807) is 0 Å². The summed E-state index contributed by atoms with van der Waals surface area (Å²) in [5.74, 6) is 0.715. The Hall–Kier alpha value is -0.610. The quantitative estimate of drug-likeness (QED) is 0.807. The van der Waals surface area contributed by atoms with E-state index in [0.29, 0.717) is 12.0 Å². The van der Waals surface area contributed by atoms with E-state index in [1.165, 1.54) is 12.8 Å². The van der Waals surface area contributed by atoms with Gasteiger partial charge in [0.05, 0.1) is 0 Å². The second kappa shape index (κ2) is 7.99. The number of carbonyl (C=O) groups is 1. The van der Waals surface area contributed by atoms with Gasteiger partial charge in [-0.15, -0.1) is 0 Å². The summed E-state index contributed by atoms with van der Waals surface area (Å²) in [6, 6.07) is 0.981. The molecule has 1 unspecified atom stereocenters. The van der Waals surface area contributed by atoms with Crippen molar-refractivity contribution < 1.29 is 4.79 Å². The first-order chi connectivity index (χ1) is 9.31. The maximum atomic E-state index is 11.9. The van der Waals surface area contributed by atoms with Crippen LogP contribution in [0.15, 0.2) is 0 Å². The van der Waals surface area contributed by atoms with Crippen molar-refractivity contribution in [3.63, 3.8) is 0 Å². The number of piperidine rings is 1. The lowest BCUT2D eigenvalue weighted by Gasteiger charge is -2.37. The molecule has 1 N–H and O–H groups in total. The highest BCUT2D eigenvalue weighted by molar-refractivity contribution is 5.78. The third-order valence-corrected chi connectivity index (χ3v) is 4.40. The average Bonchev–Trinajstić information content (AvgIpc) is 2.38. The van der Waals surface area contributed by atoms with Crippen molar-refractivity contribution in [2.45, 2.75) is 52.6 Å². The van der Waals surface area contributed by atoms with Crippen LogP contribution in [0.4, 0.5) is 0 Å². The van der Waals surface area contributed by atoms with Gasteiger partial charge >= 0.3 is 0 Å². The minimum atomic E-state index is 0.0655. The van der Waals surface area contributed by atoms with E-state index in [0.717, 1.165) is 19.6 Å². The van der Waals surface area contributed by atoms with E-state index in [1.807, 2.05) is 13.8 Å². The normalized spacial score (nSPS) is 19.9. The van der Waals surface area contributed by atoms with Crippen molar-refractivity contribution >= 4 is 5.91 Å². The zero-order valence-electron chi connectivity index (χ0n) is 14.1. The average molecular weight is 283 g/mol. The monoisotopic (exact) mass is 283 g/mol. The Kier molecular flexibility index (Phi) is 6.96. The number of hydrogen-bond donors (Lipinski definition) is 1. The molecule has 0 spiro atoms. The number of carbonyl (C=O) groups excluding carboxylic acids is 1. The Morgan fingerprint density at radius 3 is 2.15 bits per heavy atom. The van der Waals surface area contributed by atoms with Crippen LogP contribution in [-0.4, -0.2) is 61.5 Å². The molecule has 118 valence electrons. The molecule has 1 aliphatic rings. The van der Waals surface area contributed by atoms with Crippen LogP contribution in [0.2, 0.25) is 0 Å². The Morgan fingerprint density at radius 1 is 1.20 bits per heavy atom. The Bertz CT molecular complexity index is 294. The van der Waals surface area contributed by atoms with Gasteiger partial charge in [0.2, 0.25) is 5.91 Å². The van der Waals surface area contributed by atoms with E-state index < -0.39 is 0 Å². The first kappa shape index (κ1) is 17.4. The predicted molar refractivity (Wildman–Crippen MR) is 84.8 cm³/mol. The number of nitrogens with one attached hydrogen (secondary N) is 1. The lowest BCUT2D eigenvalue weighted by Crippen LogP contribution is -2.51. The minimum absolute atomic E-state index is 0.0655. The van der Waals surface area contributed by atoms with Crippen LogP contribution in [0.5, 0.6) is 0 Å². The van der Waals surface area contributed by atoms with Crippen LogP contribution in [0, 0.1) is 11.8 Å². The maximum absolute atomic E-state index is 11.9. The molecule has 4 heteroatoms. The zero-order chi connectivity index (χ0) is 15.3. The van der Waals surface area contributed by atoms with Crippen LogP contribution in [0.3, 0.4) is 0 Å². The molecular weight excluding hydrogens is 250 g/mol.